The summed E-state index contributed by atoms with van der Waals surface area (Å²) in [6.45, 7) is 0.379. The van der Waals surface area contributed by atoms with Gasteiger partial charge in [-0.25, -0.2) is 4.39 Å². The predicted octanol–water partition coefficient (Wildman–Crippen LogP) is 1.73. The lowest BCUT2D eigenvalue weighted by molar-refractivity contribution is 0.175. The van der Waals surface area contributed by atoms with Crippen LogP contribution in [0.15, 0.2) is 18.2 Å². The minimum Gasteiger partial charge on any atom is -0.383 e. The largest absolute Gasteiger partial charge is 0.383 e. The van der Waals surface area contributed by atoms with Crippen LogP contribution < -0.4 is 0 Å². The van der Waals surface area contributed by atoms with Gasteiger partial charge in [-0.2, -0.15) is 17.0 Å². The van der Waals surface area contributed by atoms with Gasteiger partial charge in [0.2, 0.25) is 0 Å². The molecule has 0 saturated heterocycles. The number of hydrogen-bond donors (Lipinski definition) is 0. The Labute approximate surface area is 124 Å². The predicted molar refractivity (Wildman–Crippen MR) is 76.3 cm³/mol. The molecule has 0 saturated carbocycles. The highest BCUT2D eigenvalue weighted by atomic mass is 35.5. The number of ether oxygens (including phenoxy) is 1. The molecule has 8 heteroatoms. The average molecular weight is 325 g/mol. The van der Waals surface area contributed by atoms with Gasteiger partial charge in [-0.15, -0.1) is 0 Å². The van der Waals surface area contributed by atoms with E-state index in [0.29, 0.717) is 5.56 Å². The molecule has 0 heterocycles. The third-order valence-electron chi connectivity index (χ3n) is 2.71. The second kappa shape index (κ2) is 7.33. The molecule has 114 valence electrons. The van der Waals surface area contributed by atoms with E-state index in [2.05, 4.69) is 0 Å². The quantitative estimate of drug-likeness (QED) is 0.767. The lowest BCUT2D eigenvalue weighted by Gasteiger charge is -2.25. The highest BCUT2D eigenvalue weighted by molar-refractivity contribution is 7.86. The first-order valence-corrected chi connectivity index (χ1v) is 7.67. The van der Waals surface area contributed by atoms with Crippen LogP contribution in [-0.2, 0) is 21.5 Å². The number of benzene rings is 1. The lowest BCUT2D eigenvalue weighted by Crippen LogP contribution is -2.41. The van der Waals surface area contributed by atoms with Gasteiger partial charge in [0.1, 0.15) is 5.82 Å². The van der Waals surface area contributed by atoms with Crippen LogP contribution in [0, 0.1) is 5.82 Å². The summed E-state index contributed by atoms with van der Waals surface area (Å²) in [4.78, 5) is 0. The minimum atomic E-state index is -3.63. The fourth-order valence-corrected chi connectivity index (χ4v) is 2.82. The molecule has 0 aliphatic carbocycles. The van der Waals surface area contributed by atoms with Gasteiger partial charge in [-0.1, -0.05) is 23.7 Å². The fraction of sp³-hybridized carbons (Fsp3) is 0.500. The standard InChI is InChI=1S/C12H18ClFN2O3S/c1-15(2)20(17,18)16(7-8-19-3)9-10-5-4-6-11(14)12(10)13/h4-6H,7-9H2,1-3H3. The van der Waals surface area contributed by atoms with Gasteiger partial charge in [-0.05, 0) is 11.6 Å². The third-order valence-corrected chi connectivity index (χ3v) is 5.02. The average Bonchev–Trinajstić information content (AvgIpc) is 2.38. The Morgan fingerprint density at radius 3 is 2.55 bits per heavy atom. The topological polar surface area (TPSA) is 49.9 Å². The SMILES string of the molecule is COCCN(Cc1cccc(F)c1Cl)S(=O)(=O)N(C)C. The van der Waals surface area contributed by atoms with Gasteiger partial charge in [-0.3, -0.25) is 0 Å². The van der Waals surface area contributed by atoms with Crippen molar-refractivity contribution in [1.82, 2.24) is 8.61 Å². The van der Waals surface area contributed by atoms with Gasteiger partial charge in [0.05, 0.1) is 11.6 Å². The van der Waals surface area contributed by atoms with Crippen LogP contribution in [0.1, 0.15) is 5.56 Å². The van der Waals surface area contributed by atoms with E-state index in [1.54, 1.807) is 6.07 Å². The van der Waals surface area contributed by atoms with E-state index >= 15 is 0 Å². The van der Waals surface area contributed by atoms with Crippen molar-refractivity contribution < 1.29 is 17.5 Å². The molecule has 0 aromatic heterocycles. The summed E-state index contributed by atoms with van der Waals surface area (Å²) < 4.78 is 45.0. The molecule has 0 aliphatic rings. The van der Waals surface area contributed by atoms with Crippen molar-refractivity contribution in [2.24, 2.45) is 0 Å². The van der Waals surface area contributed by atoms with E-state index in [9.17, 15) is 12.8 Å². The van der Waals surface area contributed by atoms with Crippen LogP contribution in [-0.4, -0.2) is 51.4 Å². The molecule has 1 rings (SSSR count). The summed E-state index contributed by atoms with van der Waals surface area (Å²) in [6.07, 6.45) is 0. The summed E-state index contributed by atoms with van der Waals surface area (Å²) >= 11 is 5.86. The second-order valence-electron chi connectivity index (χ2n) is 4.33. The second-order valence-corrected chi connectivity index (χ2v) is 6.85. The summed E-state index contributed by atoms with van der Waals surface area (Å²) in [5.74, 6) is -0.571. The molecule has 0 aliphatic heterocycles. The molecule has 0 bridgehead atoms. The van der Waals surface area contributed by atoms with Crippen LogP contribution in [0.4, 0.5) is 4.39 Å². The summed E-state index contributed by atoms with van der Waals surface area (Å²) in [6, 6.07) is 4.31. The molecular weight excluding hydrogens is 307 g/mol. The zero-order valence-electron chi connectivity index (χ0n) is 11.6. The van der Waals surface area contributed by atoms with Gasteiger partial charge >= 0.3 is 0 Å². The smallest absolute Gasteiger partial charge is 0.281 e. The molecule has 1 aromatic carbocycles. The number of halogens is 2. The van der Waals surface area contributed by atoms with Crippen LogP contribution in [0.5, 0.6) is 0 Å². The van der Waals surface area contributed by atoms with E-state index in [1.165, 1.54) is 37.6 Å². The first-order valence-electron chi connectivity index (χ1n) is 5.90. The van der Waals surface area contributed by atoms with E-state index < -0.39 is 16.0 Å². The molecule has 0 spiro atoms. The van der Waals surface area contributed by atoms with Crippen molar-refractivity contribution >= 4 is 21.8 Å². The molecule has 0 unspecified atom stereocenters. The number of nitrogens with zero attached hydrogens (tertiary/aromatic N) is 2. The molecular formula is C12H18ClFN2O3S. The Bertz CT molecular complexity index is 552. The maximum Gasteiger partial charge on any atom is 0.281 e. The van der Waals surface area contributed by atoms with Crippen LogP contribution >= 0.6 is 11.6 Å². The maximum atomic E-state index is 13.4. The van der Waals surface area contributed by atoms with Crippen molar-refractivity contribution in [2.75, 3.05) is 34.4 Å². The zero-order valence-corrected chi connectivity index (χ0v) is 13.2. The Hall–Kier alpha value is -0.730. The first-order chi connectivity index (χ1) is 9.30. The molecule has 0 N–H and O–H groups in total. The number of hydrogen-bond acceptors (Lipinski definition) is 3. The molecule has 20 heavy (non-hydrogen) atoms. The van der Waals surface area contributed by atoms with E-state index in [1.807, 2.05) is 0 Å². The lowest BCUT2D eigenvalue weighted by atomic mass is 10.2. The fourth-order valence-electron chi connectivity index (χ4n) is 1.56. The zero-order chi connectivity index (χ0) is 15.3. The molecule has 0 fully saturated rings. The van der Waals surface area contributed by atoms with Crippen LogP contribution in [0.3, 0.4) is 0 Å². The van der Waals surface area contributed by atoms with E-state index in [-0.39, 0.29) is 24.7 Å². The number of rotatable bonds is 7. The Morgan fingerprint density at radius 2 is 2.00 bits per heavy atom. The Morgan fingerprint density at radius 1 is 1.35 bits per heavy atom. The van der Waals surface area contributed by atoms with Crippen molar-refractivity contribution in [2.45, 2.75) is 6.54 Å². The highest BCUT2D eigenvalue weighted by Gasteiger charge is 2.25. The molecule has 0 radical (unpaired) electrons. The summed E-state index contributed by atoms with van der Waals surface area (Å²) in [5.41, 5.74) is 0.410. The van der Waals surface area contributed by atoms with Gasteiger partial charge in [0, 0.05) is 34.3 Å². The minimum absolute atomic E-state index is 0.0134. The van der Waals surface area contributed by atoms with Crippen molar-refractivity contribution in [3.05, 3.63) is 34.6 Å². The molecule has 5 nitrogen and oxygen atoms in total. The molecule has 0 amide bonds. The van der Waals surface area contributed by atoms with Crippen molar-refractivity contribution in [1.29, 1.82) is 0 Å². The monoisotopic (exact) mass is 324 g/mol. The van der Waals surface area contributed by atoms with Crippen LogP contribution in [0.2, 0.25) is 5.02 Å². The van der Waals surface area contributed by atoms with Crippen molar-refractivity contribution in [3.8, 4) is 0 Å². The number of methoxy groups -OCH3 is 1. The Balaban J connectivity index is 3.04. The third kappa shape index (κ3) is 4.13. The summed E-state index contributed by atoms with van der Waals surface area (Å²) in [7, 11) is 0.714. The first kappa shape index (κ1) is 17.3. The van der Waals surface area contributed by atoms with E-state index in [4.69, 9.17) is 16.3 Å². The Kier molecular flexibility index (Phi) is 6.35. The van der Waals surface area contributed by atoms with Crippen LogP contribution in [0.25, 0.3) is 0 Å². The molecule has 1 aromatic rings. The summed E-state index contributed by atoms with van der Waals surface area (Å²) in [5, 5.41) is -0.0659. The van der Waals surface area contributed by atoms with Crippen molar-refractivity contribution in [3.63, 3.8) is 0 Å². The maximum absolute atomic E-state index is 13.4. The molecule has 0 atom stereocenters. The van der Waals surface area contributed by atoms with Gasteiger partial charge in [0.25, 0.3) is 10.2 Å². The normalized spacial score (nSPS) is 12.3. The van der Waals surface area contributed by atoms with Gasteiger partial charge in [0.15, 0.2) is 0 Å². The van der Waals surface area contributed by atoms with Gasteiger partial charge < -0.3 is 4.74 Å². The van der Waals surface area contributed by atoms with E-state index in [0.717, 1.165) is 4.31 Å². The highest BCUT2D eigenvalue weighted by Crippen LogP contribution is 2.22.